The molecule has 1 aliphatic rings. The van der Waals surface area contributed by atoms with Gasteiger partial charge in [0.1, 0.15) is 11.6 Å². The third kappa shape index (κ3) is 4.97. The molecule has 1 aromatic carbocycles. The van der Waals surface area contributed by atoms with Crippen molar-refractivity contribution in [1.29, 1.82) is 5.26 Å². The first-order chi connectivity index (χ1) is 16.6. The van der Waals surface area contributed by atoms with Crippen molar-refractivity contribution in [3.63, 3.8) is 0 Å². The number of pyridine rings is 1. The molecule has 15 heteroatoms. The number of primary amides is 1. The summed E-state index contributed by atoms with van der Waals surface area (Å²) in [6.45, 7) is 0.891. The Labute approximate surface area is 198 Å². The number of alkyl halides is 6. The van der Waals surface area contributed by atoms with Crippen LogP contribution in [0.1, 0.15) is 35.4 Å². The lowest BCUT2D eigenvalue weighted by atomic mass is 9.75. The van der Waals surface area contributed by atoms with Gasteiger partial charge in [-0.25, -0.2) is 14.2 Å². The van der Waals surface area contributed by atoms with Crippen molar-refractivity contribution >= 4 is 11.9 Å². The van der Waals surface area contributed by atoms with Crippen LogP contribution in [0, 0.1) is 17.1 Å². The largest absolute Gasteiger partial charge is 0.573 e. The second kappa shape index (κ2) is 9.17. The van der Waals surface area contributed by atoms with Crippen molar-refractivity contribution in [2.75, 3.05) is 13.1 Å². The molecule has 1 unspecified atom stereocenters. The van der Waals surface area contributed by atoms with Crippen LogP contribution in [0.25, 0.3) is 0 Å². The van der Waals surface area contributed by atoms with E-state index in [0.29, 0.717) is 12.1 Å². The highest BCUT2D eigenvalue weighted by molar-refractivity contribution is 5.93. The van der Waals surface area contributed by atoms with Gasteiger partial charge in [0.2, 0.25) is 5.91 Å². The highest BCUT2D eigenvalue weighted by atomic mass is 19.4. The monoisotopic (exact) mass is 519 g/mol. The number of ether oxygens (including phenoxy) is 1. The third-order valence-corrected chi connectivity index (χ3v) is 5.59. The molecule has 8 nitrogen and oxygen atoms in total. The van der Waals surface area contributed by atoms with E-state index in [1.54, 1.807) is 0 Å². The summed E-state index contributed by atoms with van der Waals surface area (Å²) in [6.07, 6.45) is -10.4. The smallest absolute Gasteiger partial charge is 0.403 e. The fourth-order valence-electron chi connectivity index (χ4n) is 4.07. The number of carbonyl (C=O) groups excluding carboxylic acids is 2. The average Bonchev–Trinajstić information content (AvgIpc) is 2.76. The summed E-state index contributed by atoms with van der Waals surface area (Å²) in [7, 11) is 0. The standard InChI is InChI=1S/C21H16F7N5O3/c1-19(17(34)31-6-7-33(19)18(30)35)15(10-3-5-14(12(22)8-10)36-21(26,27)28)13-4-2-11(9-29)16(32-13)20(23,24)25/h2-5,8,15H,6-7H2,1H3,(H2,30,35)(H,31,34)/t15-,19?/m0/s1. The Morgan fingerprint density at radius 1 is 1.25 bits per heavy atom. The highest BCUT2D eigenvalue weighted by Gasteiger charge is 2.52. The van der Waals surface area contributed by atoms with Crippen LogP contribution in [-0.2, 0) is 11.0 Å². The number of piperazine rings is 1. The van der Waals surface area contributed by atoms with Crippen LogP contribution in [-0.4, -0.2) is 46.8 Å². The molecular formula is C21H16F7N5O3. The molecule has 1 aromatic heterocycles. The zero-order valence-corrected chi connectivity index (χ0v) is 18.2. The Kier molecular flexibility index (Phi) is 6.75. The summed E-state index contributed by atoms with van der Waals surface area (Å²) in [5.74, 6) is -5.36. The minimum Gasteiger partial charge on any atom is -0.403 e. The maximum atomic E-state index is 14.6. The quantitative estimate of drug-likeness (QED) is 0.600. The molecule has 2 aromatic rings. The Bertz CT molecular complexity index is 1240. The lowest BCUT2D eigenvalue weighted by Crippen LogP contribution is -2.68. The van der Waals surface area contributed by atoms with Gasteiger partial charge in [-0.1, -0.05) is 6.07 Å². The molecule has 0 aliphatic carbocycles. The van der Waals surface area contributed by atoms with Gasteiger partial charge in [-0.2, -0.15) is 18.4 Å². The molecule has 3 amide bonds. The van der Waals surface area contributed by atoms with E-state index in [9.17, 15) is 40.3 Å². The predicted octanol–water partition coefficient (Wildman–Crippen LogP) is 3.41. The van der Waals surface area contributed by atoms with Gasteiger partial charge >= 0.3 is 18.6 Å². The molecule has 1 aliphatic heterocycles. The highest BCUT2D eigenvalue weighted by Crippen LogP contribution is 2.42. The van der Waals surface area contributed by atoms with Crippen molar-refractivity contribution in [3.8, 4) is 11.8 Å². The molecule has 3 rings (SSSR count). The maximum Gasteiger partial charge on any atom is 0.573 e. The number of benzene rings is 1. The molecule has 0 bridgehead atoms. The van der Waals surface area contributed by atoms with Gasteiger partial charge in [-0.3, -0.25) is 4.79 Å². The second-order valence-corrected chi connectivity index (χ2v) is 7.81. The molecular weight excluding hydrogens is 503 g/mol. The molecule has 192 valence electrons. The number of nitrogens with zero attached hydrogens (tertiary/aromatic N) is 3. The van der Waals surface area contributed by atoms with Crippen LogP contribution in [0.2, 0.25) is 0 Å². The molecule has 0 saturated carbocycles. The summed E-state index contributed by atoms with van der Waals surface area (Å²) in [5.41, 5.74) is -0.0123. The van der Waals surface area contributed by atoms with E-state index in [0.717, 1.165) is 30.0 Å². The lowest BCUT2D eigenvalue weighted by Gasteiger charge is -2.47. The number of urea groups is 1. The third-order valence-electron chi connectivity index (χ3n) is 5.59. The molecule has 36 heavy (non-hydrogen) atoms. The average molecular weight is 519 g/mol. The van der Waals surface area contributed by atoms with Gasteiger partial charge in [-0.15, -0.1) is 13.2 Å². The number of rotatable bonds is 4. The van der Waals surface area contributed by atoms with Crippen LogP contribution in [0.4, 0.5) is 35.5 Å². The topological polar surface area (TPSA) is 121 Å². The lowest BCUT2D eigenvalue weighted by molar-refractivity contribution is -0.275. The number of nitrogens with two attached hydrogens (primary N) is 1. The van der Waals surface area contributed by atoms with Gasteiger partial charge in [0.15, 0.2) is 17.3 Å². The van der Waals surface area contributed by atoms with Gasteiger partial charge < -0.3 is 20.7 Å². The molecule has 2 heterocycles. The summed E-state index contributed by atoms with van der Waals surface area (Å²) in [6, 6.07) is 3.91. The summed E-state index contributed by atoms with van der Waals surface area (Å²) in [5, 5.41) is 11.5. The van der Waals surface area contributed by atoms with Crippen LogP contribution >= 0.6 is 0 Å². The zero-order valence-electron chi connectivity index (χ0n) is 18.2. The zero-order chi connectivity index (χ0) is 27.1. The first kappa shape index (κ1) is 26.5. The predicted molar refractivity (Wildman–Crippen MR) is 107 cm³/mol. The SMILES string of the molecule is CC1([C@@H](c2ccc(OC(F)(F)F)c(F)c2)c2ccc(C#N)c(C(F)(F)F)n2)C(=O)NCCN1C(N)=O. The summed E-state index contributed by atoms with van der Waals surface area (Å²) < 4.78 is 96.8. The van der Waals surface area contributed by atoms with E-state index >= 15 is 0 Å². The number of amides is 3. The minimum atomic E-state index is -5.24. The fourth-order valence-corrected chi connectivity index (χ4v) is 4.07. The van der Waals surface area contributed by atoms with E-state index in [1.807, 2.05) is 0 Å². The number of nitrogens with one attached hydrogen (secondary N) is 1. The van der Waals surface area contributed by atoms with Gasteiger partial charge in [0.05, 0.1) is 17.2 Å². The molecule has 0 spiro atoms. The Morgan fingerprint density at radius 2 is 1.92 bits per heavy atom. The van der Waals surface area contributed by atoms with E-state index in [1.165, 1.54) is 6.07 Å². The normalized spacial score (nSPS) is 19.3. The van der Waals surface area contributed by atoms with Crippen LogP contribution in [0.3, 0.4) is 0 Å². The molecule has 3 N–H and O–H groups in total. The summed E-state index contributed by atoms with van der Waals surface area (Å²) in [4.78, 5) is 29.6. The van der Waals surface area contributed by atoms with Crippen LogP contribution in [0.5, 0.6) is 5.75 Å². The second-order valence-electron chi connectivity index (χ2n) is 7.81. The van der Waals surface area contributed by atoms with Crippen molar-refractivity contribution in [2.45, 2.75) is 30.9 Å². The number of hydrogen-bond acceptors (Lipinski definition) is 5. The van der Waals surface area contributed by atoms with Crippen molar-refractivity contribution in [2.24, 2.45) is 5.73 Å². The number of carbonyl (C=O) groups is 2. The first-order valence-corrected chi connectivity index (χ1v) is 9.98. The number of aromatic nitrogens is 1. The molecule has 1 saturated heterocycles. The van der Waals surface area contributed by atoms with Crippen molar-refractivity contribution in [1.82, 2.24) is 15.2 Å². The number of halogens is 7. The minimum absolute atomic E-state index is 0.0641. The van der Waals surface area contributed by atoms with Gasteiger partial charge in [0.25, 0.3) is 0 Å². The Morgan fingerprint density at radius 3 is 2.44 bits per heavy atom. The molecule has 2 atom stereocenters. The first-order valence-electron chi connectivity index (χ1n) is 9.98. The van der Waals surface area contributed by atoms with E-state index in [4.69, 9.17) is 11.0 Å². The molecule has 1 fully saturated rings. The van der Waals surface area contributed by atoms with Crippen LogP contribution in [0.15, 0.2) is 30.3 Å². The Hall–Kier alpha value is -4.09. The number of hydrogen-bond donors (Lipinski definition) is 2. The van der Waals surface area contributed by atoms with E-state index in [2.05, 4.69) is 15.0 Å². The maximum absolute atomic E-state index is 14.6. The van der Waals surface area contributed by atoms with E-state index < -0.39 is 64.5 Å². The van der Waals surface area contributed by atoms with Gasteiger partial charge in [0, 0.05) is 13.1 Å². The summed E-state index contributed by atoms with van der Waals surface area (Å²) >= 11 is 0. The van der Waals surface area contributed by atoms with Crippen molar-refractivity contribution < 1.29 is 45.1 Å². The molecule has 0 radical (unpaired) electrons. The van der Waals surface area contributed by atoms with E-state index in [-0.39, 0.29) is 18.7 Å². The van der Waals surface area contributed by atoms with Gasteiger partial charge in [-0.05, 0) is 36.8 Å². The van der Waals surface area contributed by atoms with Crippen molar-refractivity contribution in [3.05, 3.63) is 58.7 Å². The van der Waals surface area contributed by atoms with Crippen LogP contribution < -0.4 is 15.8 Å². The fraction of sp³-hybridized carbons (Fsp3) is 0.333. The Balaban J connectivity index is 2.31. The number of nitriles is 1.